The SMILES string of the molecule is CC[C@@H](C)C(=O)N[C@H](C(=O)N1C[C@@H]2C[C@H]1C(=O)N[C@@H](Cc1cccc3ccccc13)C(=O)N[C@H](C(=O)O)Cc1ccc(cc1)OCc1cn(nn1)[C@H]1C[C@@H](C(=O)N[C@@H](Cc3cccc4ccccc34)C(=O)N[C@H](C(=O)O)Cc3ccc(cc3)OCc3cn2nn3)N(C(=O)[C@@H](NC(=O)[C@H](C)NC)C(C)(C)C)C1)C(C)(C)C. The smallest absolute Gasteiger partial charge is 0.326 e. The third-order valence-electron chi connectivity index (χ3n) is 20.9. The van der Waals surface area contributed by atoms with Crippen molar-refractivity contribution in [3.05, 3.63) is 179 Å². The Bertz CT molecular complexity index is 4400. The molecule has 29 heteroatoms. The molecule has 0 saturated carbocycles. The number of carbonyl (C=O) groups excluding carboxylic acids is 8. The number of carboxylic acid groups (broad SMARTS) is 2. The van der Waals surface area contributed by atoms with Gasteiger partial charge in [0.05, 0.1) is 30.5 Å². The number of carboxylic acids is 2. The number of amides is 8. The van der Waals surface area contributed by atoms with Crippen LogP contribution in [0.3, 0.4) is 0 Å². The first-order chi connectivity index (χ1) is 52.4. The zero-order chi connectivity index (χ0) is 78.9. The maximum atomic E-state index is 15.4. The number of benzene rings is 6. The molecule has 6 aliphatic heterocycles. The van der Waals surface area contributed by atoms with Crippen molar-refractivity contribution < 1.29 is 67.6 Å². The Labute approximate surface area is 637 Å². The van der Waals surface area contributed by atoms with Gasteiger partial charge in [-0.1, -0.05) is 175 Å². The maximum absolute atomic E-state index is 15.4. The van der Waals surface area contributed by atoms with Crippen LogP contribution in [0.15, 0.2) is 146 Å². The molecule has 8 heterocycles. The number of likely N-dealkylation sites (tertiary alicyclic amines) is 2. The number of nitrogens with one attached hydrogen (secondary N) is 7. The van der Waals surface area contributed by atoms with Gasteiger partial charge < -0.3 is 66.7 Å². The van der Waals surface area contributed by atoms with Crippen LogP contribution in [0.25, 0.3) is 21.5 Å². The van der Waals surface area contributed by atoms with E-state index in [-0.39, 0.29) is 70.7 Å². The fourth-order valence-electron chi connectivity index (χ4n) is 14.1. The van der Waals surface area contributed by atoms with Crippen molar-refractivity contribution in [2.24, 2.45) is 16.7 Å². The summed E-state index contributed by atoms with van der Waals surface area (Å²) < 4.78 is 15.4. The molecule has 6 aromatic carbocycles. The van der Waals surface area contributed by atoms with Crippen LogP contribution in [0.1, 0.15) is 127 Å². The first-order valence-corrected chi connectivity index (χ1v) is 37.2. The van der Waals surface area contributed by atoms with Gasteiger partial charge in [-0.3, -0.25) is 38.4 Å². The number of hydrogen-bond acceptors (Lipinski definition) is 17. The quantitative estimate of drug-likeness (QED) is 0.0628. The molecule has 0 radical (unpaired) electrons. The fraction of sp³-hybridized carbons (Fsp3) is 0.432. The van der Waals surface area contributed by atoms with Crippen molar-refractivity contribution in [2.75, 3.05) is 20.1 Å². The fourth-order valence-corrected chi connectivity index (χ4v) is 14.1. The van der Waals surface area contributed by atoms with E-state index in [9.17, 15) is 39.0 Å². The molecule has 2 aromatic heterocycles. The second-order valence-corrected chi connectivity index (χ2v) is 31.0. The monoisotopic (exact) mass is 1500 g/mol. The summed E-state index contributed by atoms with van der Waals surface area (Å²) in [5, 5.41) is 62.6. The van der Waals surface area contributed by atoms with E-state index in [2.05, 4.69) is 57.8 Å². The van der Waals surface area contributed by atoms with Crippen LogP contribution in [-0.4, -0.2) is 184 Å². The summed E-state index contributed by atoms with van der Waals surface area (Å²) >= 11 is 0. The largest absolute Gasteiger partial charge is 0.487 e. The van der Waals surface area contributed by atoms with Gasteiger partial charge in [0.2, 0.25) is 47.3 Å². The predicted molar refractivity (Wildman–Crippen MR) is 406 cm³/mol. The van der Waals surface area contributed by atoms with Gasteiger partial charge in [-0.25, -0.2) is 19.0 Å². The second-order valence-electron chi connectivity index (χ2n) is 31.0. The van der Waals surface area contributed by atoms with Crippen LogP contribution < -0.4 is 46.7 Å². The lowest BCUT2D eigenvalue weighted by Gasteiger charge is -2.36. The highest BCUT2D eigenvalue weighted by molar-refractivity contribution is 5.99. The van der Waals surface area contributed by atoms with E-state index in [0.717, 1.165) is 21.5 Å². The molecular formula is C81H97N15O14. The van der Waals surface area contributed by atoms with Crippen molar-refractivity contribution in [1.29, 1.82) is 0 Å². The summed E-state index contributed by atoms with van der Waals surface area (Å²) in [6.07, 6.45) is 3.05. The van der Waals surface area contributed by atoms with Crippen LogP contribution in [0.2, 0.25) is 0 Å². The van der Waals surface area contributed by atoms with Crippen LogP contribution in [0, 0.1) is 16.7 Å². The Morgan fingerprint density at radius 2 is 0.918 bits per heavy atom. The number of aromatic nitrogens is 6. The molecule has 0 aliphatic carbocycles. The number of ether oxygens (including phenoxy) is 2. The molecule has 2 saturated heterocycles. The van der Waals surface area contributed by atoms with Crippen molar-refractivity contribution in [2.45, 2.75) is 187 Å². The number of hydrogen-bond donors (Lipinski definition) is 9. The molecule has 8 amide bonds. The zero-order valence-electron chi connectivity index (χ0n) is 63.4. The van der Waals surface area contributed by atoms with E-state index in [1.54, 1.807) is 123 Å². The van der Waals surface area contributed by atoms with E-state index >= 15 is 19.2 Å². The molecule has 0 spiro atoms. The van der Waals surface area contributed by atoms with E-state index in [1.165, 1.54) is 19.2 Å². The van der Waals surface area contributed by atoms with E-state index < -0.39 is 136 Å². The predicted octanol–water partition coefficient (Wildman–Crippen LogP) is 5.73. The highest BCUT2D eigenvalue weighted by Gasteiger charge is 2.49. The minimum absolute atomic E-state index is 0.0311. The summed E-state index contributed by atoms with van der Waals surface area (Å²) in [5.41, 5.74) is 1.27. The average molecular weight is 1500 g/mol. The van der Waals surface area contributed by atoms with Crippen molar-refractivity contribution in [3.8, 4) is 11.5 Å². The molecule has 12 bridgehead atoms. The summed E-state index contributed by atoms with van der Waals surface area (Å²) in [5.74, 6) is -7.50. The third-order valence-corrected chi connectivity index (χ3v) is 20.9. The Morgan fingerprint density at radius 3 is 1.30 bits per heavy atom. The summed E-state index contributed by atoms with van der Waals surface area (Å²) in [7, 11) is 1.61. The van der Waals surface area contributed by atoms with E-state index in [0.29, 0.717) is 51.6 Å². The number of carbonyl (C=O) groups is 10. The lowest BCUT2D eigenvalue weighted by molar-refractivity contribution is -0.145. The molecule has 8 aromatic rings. The maximum Gasteiger partial charge on any atom is 0.326 e. The van der Waals surface area contributed by atoms with Gasteiger partial charge in [-0.2, -0.15) is 0 Å². The molecular weight excluding hydrogens is 1410 g/mol. The lowest BCUT2D eigenvalue weighted by Crippen LogP contribution is -2.60. The number of nitrogens with zero attached hydrogens (tertiary/aromatic N) is 8. The molecule has 29 nitrogen and oxygen atoms in total. The second kappa shape index (κ2) is 34.3. The summed E-state index contributed by atoms with van der Waals surface area (Å²) in [6, 6.07) is 26.4. The first-order valence-electron chi connectivity index (χ1n) is 37.2. The van der Waals surface area contributed by atoms with Crippen LogP contribution in [0.5, 0.6) is 11.5 Å². The average Bonchev–Trinajstić information content (AvgIpc) is 1.62. The van der Waals surface area contributed by atoms with E-state index in [4.69, 9.17) is 9.47 Å². The minimum Gasteiger partial charge on any atom is -0.487 e. The third kappa shape index (κ3) is 19.1. The normalized spacial score (nSPS) is 21.7. The topological polar surface area (TPSA) is 382 Å². The summed E-state index contributed by atoms with van der Waals surface area (Å²) in [4.78, 5) is 148. The molecule has 9 N–H and O–H groups in total. The van der Waals surface area contributed by atoms with Gasteiger partial charge in [-0.05, 0) is 99.3 Å². The number of aliphatic carboxylic acids is 2. The van der Waals surface area contributed by atoms with Crippen molar-refractivity contribution >= 4 is 80.7 Å². The van der Waals surface area contributed by atoms with Gasteiger partial charge in [0.25, 0.3) is 0 Å². The number of fused-ring (bicyclic) bond motifs is 2. The Morgan fingerprint density at radius 1 is 0.527 bits per heavy atom. The van der Waals surface area contributed by atoms with Gasteiger partial charge in [0.1, 0.15) is 84.4 Å². The standard InChI is InChI=1S/C81H97N15O14/c1-11-46(2)70(97)87-68(80(4,5)6)76(103)93-42-56-38-66(93)74(101)83-62(36-52-22-16-20-50-18-12-14-24-60(50)52)72(99)85-64(78(105)106)34-48-28-32-59(33-29-48)110-45-55-41-96(92-90-55)57-39-67(94(43-57)77(104)69(81(7,8)9)88-71(98)47(3)82-10)75(102)84-63(37-53-23-17-21-51-19-13-15-25-61(51)53)73(100)86-65(79(107)108)35-49-26-30-58(31-27-49)109-44-54-40-95(56)91-89-54/h12-33,40-41,46-47,56-57,62-69,82H,11,34-39,42-45H2,1-10H3,(H,83,101)(H,84,102)(H,85,99)(H,86,100)(H,87,97)(H,88,98)(H,105,106)(H,107,108)/t46-,47+,56+,57+,62+,63+,64+,65+,66+,67+,68-,69-/m1/s1. The van der Waals surface area contributed by atoms with Crippen molar-refractivity contribution in [3.63, 3.8) is 0 Å². The Balaban J connectivity index is 0.928. The number of likely N-dealkylation sites (N-methyl/N-ethyl adjacent to an activating group) is 1. The highest BCUT2D eigenvalue weighted by Crippen LogP contribution is 2.35. The van der Waals surface area contributed by atoms with Crippen molar-refractivity contribution in [1.82, 2.24) is 77.0 Å². The van der Waals surface area contributed by atoms with Crippen LogP contribution >= 0.6 is 0 Å². The Hall–Kier alpha value is -11.6. The summed E-state index contributed by atoms with van der Waals surface area (Å²) in [6.45, 7) is 15.6. The van der Waals surface area contributed by atoms with Gasteiger partial charge >= 0.3 is 11.9 Å². The lowest BCUT2D eigenvalue weighted by atomic mass is 9.85. The minimum atomic E-state index is -1.52. The van der Waals surface area contributed by atoms with Gasteiger partial charge in [0.15, 0.2) is 0 Å². The molecule has 2 fully saturated rings. The first kappa shape index (κ1) is 79.4. The Kier molecular flexibility index (Phi) is 24.8. The molecule has 0 unspecified atom stereocenters. The van der Waals surface area contributed by atoms with Crippen LogP contribution in [-0.2, 0) is 86.8 Å². The van der Waals surface area contributed by atoms with E-state index in [1.807, 2.05) is 91.9 Å². The zero-order valence-corrected chi connectivity index (χ0v) is 63.4. The molecule has 110 heavy (non-hydrogen) atoms. The van der Waals surface area contributed by atoms with Gasteiger partial charge in [0, 0.05) is 57.5 Å². The number of rotatable bonds is 14. The molecule has 12 atom stereocenters. The molecule has 14 rings (SSSR count). The highest BCUT2D eigenvalue weighted by atomic mass is 16.5. The molecule has 580 valence electrons. The van der Waals surface area contributed by atoms with Gasteiger partial charge in [-0.15, -0.1) is 10.2 Å². The molecule has 6 aliphatic rings. The van der Waals surface area contributed by atoms with Crippen LogP contribution in [0.4, 0.5) is 0 Å².